The van der Waals surface area contributed by atoms with E-state index in [0.717, 1.165) is 25.7 Å². The van der Waals surface area contributed by atoms with Crippen LogP contribution in [-0.4, -0.2) is 36.5 Å². The van der Waals surface area contributed by atoms with Crippen LogP contribution in [0.3, 0.4) is 0 Å². The quantitative estimate of drug-likeness (QED) is 0.470. The van der Waals surface area contributed by atoms with E-state index in [-0.39, 0.29) is 23.4 Å². The molecule has 6 N–H and O–H groups in total. The van der Waals surface area contributed by atoms with Gasteiger partial charge in [0.25, 0.3) is 0 Å². The highest BCUT2D eigenvalue weighted by Crippen LogP contribution is 2.50. The first kappa shape index (κ1) is 24.3. The van der Waals surface area contributed by atoms with Gasteiger partial charge in [-0.15, -0.1) is 0 Å². The molecule has 0 unspecified atom stereocenters. The predicted octanol–water partition coefficient (Wildman–Crippen LogP) is 1.93. The fourth-order valence-corrected chi connectivity index (χ4v) is 5.90. The lowest BCUT2D eigenvalue weighted by atomic mass is 9.83. The van der Waals surface area contributed by atoms with Crippen molar-refractivity contribution in [2.45, 2.75) is 55.9 Å². The number of benzene rings is 1. The summed E-state index contributed by atoms with van der Waals surface area (Å²) in [7, 11) is -3.49. The van der Waals surface area contributed by atoms with Gasteiger partial charge in [0.15, 0.2) is 0 Å². The van der Waals surface area contributed by atoms with Gasteiger partial charge in [-0.3, -0.25) is 4.79 Å². The van der Waals surface area contributed by atoms with Crippen molar-refractivity contribution in [3.63, 3.8) is 0 Å². The Morgan fingerprint density at radius 2 is 1.79 bits per heavy atom. The SMILES string of the molecule is O.O.O=C(O)CCCC=CC[C@H]1[C@@H]2CC[C@@H](C2)[C@H]1NS(=O)(=O)c1ccccc1. The van der Waals surface area contributed by atoms with Crippen LogP contribution in [0.25, 0.3) is 0 Å². The maximum absolute atomic E-state index is 12.7. The molecule has 28 heavy (non-hydrogen) atoms. The first-order valence-corrected chi connectivity index (χ1v) is 10.9. The highest BCUT2D eigenvalue weighted by molar-refractivity contribution is 7.89. The van der Waals surface area contributed by atoms with E-state index in [4.69, 9.17) is 5.11 Å². The molecule has 0 aromatic heterocycles. The Bertz CT molecular complexity index is 749. The van der Waals surface area contributed by atoms with E-state index >= 15 is 0 Å². The zero-order valence-corrected chi connectivity index (χ0v) is 16.7. The predicted molar refractivity (Wildman–Crippen MR) is 107 cm³/mol. The third-order valence-corrected chi connectivity index (χ3v) is 7.24. The first-order chi connectivity index (χ1) is 12.5. The lowest BCUT2D eigenvalue weighted by molar-refractivity contribution is -0.137. The number of rotatable bonds is 9. The third-order valence-electron chi connectivity index (χ3n) is 5.77. The fraction of sp³-hybridized carbons (Fsp3) is 0.550. The summed E-state index contributed by atoms with van der Waals surface area (Å²) in [5, 5.41) is 8.66. The van der Waals surface area contributed by atoms with Crippen molar-refractivity contribution in [2.75, 3.05) is 0 Å². The number of carboxylic acid groups (broad SMARTS) is 1. The lowest BCUT2D eigenvalue weighted by Crippen LogP contribution is -2.43. The van der Waals surface area contributed by atoms with Crippen molar-refractivity contribution < 1.29 is 29.3 Å². The largest absolute Gasteiger partial charge is 0.481 e. The van der Waals surface area contributed by atoms with Gasteiger partial charge in [0.2, 0.25) is 10.0 Å². The van der Waals surface area contributed by atoms with E-state index in [1.54, 1.807) is 24.3 Å². The second kappa shape index (κ2) is 10.7. The normalized spacial score (nSPS) is 26.0. The summed E-state index contributed by atoms with van der Waals surface area (Å²) < 4.78 is 28.4. The number of unbranched alkanes of at least 4 members (excludes halogenated alkanes) is 1. The van der Waals surface area contributed by atoms with E-state index in [2.05, 4.69) is 10.8 Å². The Morgan fingerprint density at radius 1 is 1.11 bits per heavy atom. The van der Waals surface area contributed by atoms with Crippen molar-refractivity contribution in [2.24, 2.45) is 17.8 Å². The van der Waals surface area contributed by atoms with E-state index in [9.17, 15) is 13.2 Å². The van der Waals surface area contributed by atoms with Gasteiger partial charge in [-0.25, -0.2) is 13.1 Å². The minimum Gasteiger partial charge on any atom is -0.481 e. The zero-order chi connectivity index (χ0) is 18.6. The van der Waals surface area contributed by atoms with E-state index in [0.29, 0.717) is 29.1 Å². The van der Waals surface area contributed by atoms with Crippen LogP contribution in [0.1, 0.15) is 44.9 Å². The summed E-state index contributed by atoms with van der Waals surface area (Å²) in [5.41, 5.74) is 0. The average Bonchev–Trinajstić information content (AvgIpc) is 3.20. The molecule has 0 aliphatic heterocycles. The molecule has 0 spiro atoms. The van der Waals surface area contributed by atoms with Gasteiger partial charge in [-0.2, -0.15) is 0 Å². The van der Waals surface area contributed by atoms with Gasteiger partial charge >= 0.3 is 5.97 Å². The van der Waals surface area contributed by atoms with Gasteiger partial charge in [0.1, 0.15) is 0 Å². The highest BCUT2D eigenvalue weighted by Gasteiger charge is 2.48. The maximum atomic E-state index is 12.7. The van der Waals surface area contributed by atoms with Crippen LogP contribution in [0, 0.1) is 17.8 Å². The summed E-state index contributed by atoms with van der Waals surface area (Å²) in [6.07, 6.45) is 10.00. The number of carbonyl (C=O) groups is 1. The first-order valence-electron chi connectivity index (χ1n) is 9.41. The zero-order valence-electron chi connectivity index (χ0n) is 15.9. The molecule has 1 aromatic carbocycles. The Labute approximate surface area is 166 Å². The molecule has 0 saturated heterocycles. The number of aliphatic carboxylic acids is 1. The summed E-state index contributed by atoms with van der Waals surface area (Å²) in [5.74, 6) is 0.598. The van der Waals surface area contributed by atoms with Crippen molar-refractivity contribution in [3.05, 3.63) is 42.5 Å². The summed E-state index contributed by atoms with van der Waals surface area (Å²) in [4.78, 5) is 10.9. The van der Waals surface area contributed by atoms with Crippen molar-refractivity contribution in [1.82, 2.24) is 4.72 Å². The van der Waals surface area contributed by atoms with E-state index < -0.39 is 16.0 Å². The van der Waals surface area contributed by atoms with Crippen LogP contribution in [0.15, 0.2) is 47.4 Å². The molecule has 2 aliphatic carbocycles. The van der Waals surface area contributed by atoms with Crippen LogP contribution in [0.2, 0.25) is 0 Å². The molecule has 0 heterocycles. The second-order valence-electron chi connectivity index (χ2n) is 7.45. The second-order valence-corrected chi connectivity index (χ2v) is 9.16. The molecule has 0 radical (unpaired) electrons. The van der Waals surface area contributed by atoms with Crippen LogP contribution in [-0.2, 0) is 14.8 Å². The third kappa shape index (κ3) is 5.88. The topological polar surface area (TPSA) is 146 Å². The number of allylic oxidation sites excluding steroid dienone is 2. The Hall–Kier alpha value is -1.74. The molecule has 3 rings (SSSR count). The molecule has 2 bridgehead atoms. The molecule has 2 aliphatic rings. The standard InChI is InChI=1S/C20H27NO4S.2H2O/c22-19(23)11-7-2-1-6-10-18-15-12-13-16(14-15)20(18)21-26(24,25)17-8-4-3-5-9-17;;/h1,3-6,8-9,15-16,18,20-21H,2,7,10-14H2,(H,22,23);2*1H2/t15-,16+,18+,20-;;/m1../s1. The molecule has 2 fully saturated rings. The Kier molecular flexibility index (Phi) is 9.29. The Balaban J connectivity index is 0.00000196. The van der Waals surface area contributed by atoms with Crippen molar-refractivity contribution >= 4 is 16.0 Å². The van der Waals surface area contributed by atoms with E-state index in [1.165, 1.54) is 6.42 Å². The lowest BCUT2D eigenvalue weighted by Gasteiger charge is -2.31. The number of nitrogens with one attached hydrogen (secondary N) is 1. The summed E-state index contributed by atoms with van der Waals surface area (Å²) >= 11 is 0. The number of fused-ring (bicyclic) bond motifs is 2. The molecular weight excluding hydrogens is 382 g/mol. The van der Waals surface area contributed by atoms with Crippen molar-refractivity contribution in [1.29, 1.82) is 0 Å². The molecule has 4 atom stereocenters. The van der Waals surface area contributed by atoms with Crippen LogP contribution in [0.5, 0.6) is 0 Å². The minimum absolute atomic E-state index is 0. The Morgan fingerprint density at radius 3 is 2.46 bits per heavy atom. The van der Waals surface area contributed by atoms with Crippen LogP contribution < -0.4 is 4.72 Å². The molecule has 0 amide bonds. The van der Waals surface area contributed by atoms with Crippen LogP contribution in [0.4, 0.5) is 0 Å². The van der Waals surface area contributed by atoms with Gasteiger partial charge in [-0.05, 0) is 68.4 Å². The highest BCUT2D eigenvalue weighted by atomic mass is 32.2. The van der Waals surface area contributed by atoms with Gasteiger partial charge in [0, 0.05) is 12.5 Å². The molecular formula is C20H31NO6S. The maximum Gasteiger partial charge on any atom is 0.303 e. The average molecular weight is 414 g/mol. The van der Waals surface area contributed by atoms with Gasteiger partial charge in [0.05, 0.1) is 4.90 Å². The molecule has 7 nitrogen and oxygen atoms in total. The van der Waals surface area contributed by atoms with Crippen molar-refractivity contribution in [3.8, 4) is 0 Å². The van der Waals surface area contributed by atoms with Crippen LogP contribution >= 0.6 is 0 Å². The number of carboxylic acids is 1. The number of hydrogen-bond acceptors (Lipinski definition) is 3. The molecule has 8 heteroatoms. The number of sulfonamides is 1. The van der Waals surface area contributed by atoms with Gasteiger partial charge in [-0.1, -0.05) is 30.4 Å². The van der Waals surface area contributed by atoms with Gasteiger partial charge < -0.3 is 16.1 Å². The minimum atomic E-state index is -3.49. The monoisotopic (exact) mass is 413 g/mol. The molecule has 2 saturated carbocycles. The van der Waals surface area contributed by atoms with E-state index in [1.807, 2.05) is 12.1 Å². The molecule has 158 valence electrons. The summed E-state index contributed by atoms with van der Waals surface area (Å²) in [6, 6.07) is 8.57. The fourth-order valence-electron chi connectivity index (χ4n) is 4.52. The number of hydrogen-bond donors (Lipinski definition) is 2. The summed E-state index contributed by atoms with van der Waals surface area (Å²) in [6.45, 7) is 0. The molecule has 1 aromatic rings. The smallest absolute Gasteiger partial charge is 0.303 e.